The van der Waals surface area contributed by atoms with E-state index in [9.17, 15) is 13.2 Å². The molecule has 1 rings (SSSR count). The molecular weight excluding hydrogens is 259 g/mol. The van der Waals surface area contributed by atoms with Crippen LogP contribution in [0.5, 0.6) is 0 Å². The van der Waals surface area contributed by atoms with Gasteiger partial charge in [0.2, 0.25) is 0 Å². The Morgan fingerprint density at radius 1 is 1.06 bits per heavy atom. The third-order valence-corrected chi connectivity index (χ3v) is 3.26. The SMILES string of the molecule is CSCCCCCNc1ccc(C(F)(F)F)cc1. The van der Waals surface area contributed by atoms with Crippen LogP contribution in [0.2, 0.25) is 0 Å². The topological polar surface area (TPSA) is 12.0 Å². The Hall–Kier alpha value is -0.840. The van der Waals surface area contributed by atoms with Crippen molar-refractivity contribution in [2.45, 2.75) is 25.4 Å². The van der Waals surface area contributed by atoms with Crippen LogP contribution in [0.1, 0.15) is 24.8 Å². The highest BCUT2D eigenvalue weighted by Crippen LogP contribution is 2.29. The van der Waals surface area contributed by atoms with Gasteiger partial charge in [-0.15, -0.1) is 0 Å². The fraction of sp³-hybridized carbons (Fsp3) is 0.538. The van der Waals surface area contributed by atoms with E-state index >= 15 is 0 Å². The van der Waals surface area contributed by atoms with Crippen LogP contribution in [-0.2, 0) is 6.18 Å². The number of thioether (sulfide) groups is 1. The lowest BCUT2D eigenvalue weighted by Gasteiger charge is -2.09. The number of anilines is 1. The second-order valence-electron chi connectivity index (χ2n) is 4.06. The Kier molecular flexibility index (Phi) is 6.39. The molecule has 18 heavy (non-hydrogen) atoms. The van der Waals surface area contributed by atoms with Gasteiger partial charge in [-0.2, -0.15) is 24.9 Å². The predicted molar refractivity (Wildman–Crippen MR) is 72.2 cm³/mol. The molecule has 102 valence electrons. The second-order valence-corrected chi connectivity index (χ2v) is 5.04. The number of benzene rings is 1. The van der Waals surface area contributed by atoms with Crippen LogP contribution in [0.25, 0.3) is 0 Å². The van der Waals surface area contributed by atoms with Gasteiger partial charge in [-0.3, -0.25) is 0 Å². The van der Waals surface area contributed by atoms with Crippen molar-refractivity contribution in [3.8, 4) is 0 Å². The molecule has 0 heterocycles. The summed E-state index contributed by atoms with van der Waals surface area (Å²) in [6.45, 7) is 0.805. The summed E-state index contributed by atoms with van der Waals surface area (Å²) in [5.74, 6) is 1.17. The van der Waals surface area contributed by atoms with Gasteiger partial charge in [0.05, 0.1) is 5.56 Å². The summed E-state index contributed by atoms with van der Waals surface area (Å²) in [6, 6.07) is 5.17. The second kappa shape index (κ2) is 7.56. The van der Waals surface area contributed by atoms with Gasteiger partial charge in [0.1, 0.15) is 0 Å². The molecule has 1 nitrogen and oxygen atoms in total. The molecule has 1 aromatic rings. The van der Waals surface area contributed by atoms with Crippen LogP contribution in [0, 0.1) is 0 Å². The number of rotatable bonds is 7. The van der Waals surface area contributed by atoms with Crippen molar-refractivity contribution in [3.63, 3.8) is 0 Å². The van der Waals surface area contributed by atoms with Crippen LogP contribution in [-0.4, -0.2) is 18.6 Å². The Balaban J connectivity index is 2.27. The quantitative estimate of drug-likeness (QED) is 0.728. The van der Waals surface area contributed by atoms with Crippen LogP contribution in [0.15, 0.2) is 24.3 Å². The summed E-state index contributed by atoms with van der Waals surface area (Å²) in [7, 11) is 0. The first-order valence-electron chi connectivity index (χ1n) is 5.94. The van der Waals surface area contributed by atoms with E-state index in [2.05, 4.69) is 11.6 Å². The van der Waals surface area contributed by atoms with E-state index in [0.29, 0.717) is 0 Å². The molecule has 0 saturated heterocycles. The molecule has 0 amide bonds. The number of unbranched alkanes of at least 4 members (excludes halogenated alkanes) is 2. The fourth-order valence-electron chi connectivity index (χ4n) is 1.56. The van der Waals surface area contributed by atoms with Crippen molar-refractivity contribution < 1.29 is 13.2 Å². The Morgan fingerprint density at radius 2 is 1.72 bits per heavy atom. The molecule has 0 unspecified atom stereocenters. The van der Waals surface area contributed by atoms with Gasteiger partial charge in [-0.05, 0) is 49.1 Å². The molecule has 0 aliphatic rings. The summed E-state index contributed by atoms with van der Waals surface area (Å²) < 4.78 is 37.0. The number of hydrogen-bond acceptors (Lipinski definition) is 2. The Bertz CT molecular complexity index is 335. The minimum Gasteiger partial charge on any atom is -0.385 e. The zero-order valence-electron chi connectivity index (χ0n) is 10.4. The van der Waals surface area contributed by atoms with Crippen molar-refractivity contribution in [1.82, 2.24) is 0 Å². The van der Waals surface area contributed by atoms with Crippen LogP contribution < -0.4 is 5.32 Å². The molecule has 0 aromatic heterocycles. The maximum Gasteiger partial charge on any atom is 0.416 e. The molecule has 0 saturated carbocycles. The van der Waals surface area contributed by atoms with Crippen molar-refractivity contribution in [1.29, 1.82) is 0 Å². The van der Waals surface area contributed by atoms with Crippen molar-refractivity contribution in [2.24, 2.45) is 0 Å². The average Bonchev–Trinajstić information content (AvgIpc) is 2.33. The third kappa shape index (κ3) is 5.67. The van der Waals surface area contributed by atoms with Gasteiger partial charge in [-0.1, -0.05) is 6.42 Å². The summed E-state index contributed by atoms with van der Waals surface area (Å²) >= 11 is 1.83. The molecule has 1 N–H and O–H groups in total. The number of alkyl halides is 3. The van der Waals surface area contributed by atoms with E-state index in [1.54, 1.807) is 0 Å². The largest absolute Gasteiger partial charge is 0.416 e. The lowest BCUT2D eigenvalue weighted by atomic mass is 10.2. The lowest BCUT2D eigenvalue weighted by molar-refractivity contribution is -0.137. The van der Waals surface area contributed by atoms with E-state index in [1.807, 2.05) is 11.8 Å². The highest BCUT2D eigenvalue weighted by molar-refractivity contribution is 7.98. The Labute approximate surface area is 110 Å². The summed E-state index contributed by atoms with van der Waals surface area (Å²) in [6.07, 6.45) is 1.21. The zero-order chi connectivity index (χ0) is 13.4. The number of halogens is 3. The molecule has 0 bridgehead atoms. The lowest BCUT2D eigenvalue weighted by Crippen LogP contribution is -2.06. The van der Waals surface area contributed by atoms with Crippen molar-refractivity contribution >= 4 is 17.4 Å². The molecule has 0 spiro atoms. The average molecular weight is 277 g/mol. The van der Waals surface area contributed by atoms with Crippen LogP contribution >= 0.6 is 11.8 Å². The molecule has 0 aliphatic carbocycles. The number of hydrogen-bond donors (Lipinski definition) is 1. The van der Waals surface area contributed by atoms with Gasteiger partial charge in [0.25, 0.3) is 0 Å². The molecule has 1 aromatic carbocycles. The highest BCUT2D eigenvalue weighted by Gasteiger charge is 2.29. The van der Waals surface area contributed by atoms with Gasteiger partial charge < -0.3 is 5.32 Å². The van der Waals surface area contributed by atoms with Gasteiger partial charge in [0.15, 0.2) is 0 Å². The monoisotopic (exact) mass is 277 g/mol. The molecule has 0 fully saturated rings. The van der Waals surface area contributed by atoms with Gasteiger partial charge in [-0.25, -0.2) is 0 Å². The zero-order valence-corrected chi connectivity index (χ0v) is 11.2. The summed E-state index contributed by atoms with van der Waals surface area (Å²) in [5, 5.41) is 3.13. The third-order valence-electron chi connectivity index (χ3n) is 2.57. The fourth-order valence-corrected chi connectivity index (χ4v) is 2.05. The highest BCUT2D eigenvalue weighted by atomic mass is 32.2. The minimum atomic E-state index is -4.25. The van der Waals surface area contributed by atoms with Crippen molar-refractivity contribution in [3.05, 3.63) is 29.8 Å². The number of nitrogens with one attached hydrogen (secondary N) is 1. The maximum atomic E-state index is 12.3. The van der Waals surface area contributed by atoms with E-state index in [4.69, 9.17) is 0 Å². The van der Waals surface area contributed by atoms with Crippen molar-refractivity contribution in [2.75, 3.05) is 23.9 Å². The van der Waals surface area contributed by atoms with Gasteiger partial charge in [0, 0.05) is 12.2 Å². The smallest absolute Gasteiger partial charge is 0.385 e. The first kappa shape index (κ1) is 15.2. The molecular formula is C13H18F3NS. The van der Waals surface area contributed by atoms with E-state index in [1.165, 1.54) is 24.3 Å². The summed E-state index contributed by atoms with van der Waals surface area (Å²) in [4.78, 5) is 0. The predicted octanol–water partition coefficient (Wildman–Crippen LogP) is 4.65. The normalized spacial score (nSPS) is 11.6. The van der Waals surface area contributed by atoms with Crippen LogP contribution in [0.4, 0.5) is 18.9 Å². The first-order valence-corrected chi connectivity index (χ1v) is 7.33. The standard InChI is InChI=1S/C13H18F3NS/c1-18-10-4-2-3-9-17-12-7-5-11(6-8-12)13(14,15)16/h5-8,17H,2-4,9-10H2,1H3. The van der Waals surface area contributed by atoms with E-state index < -0.39 is 11.7 Å². The molecule has 0 radical (unpaired) electrons. The molecule has 5 heteroatoms. The van der Waals surface area contributed by atoms with E-state index in [-0.39, 0.29) is 0 Å². The van der Waals surface area contributed by atoms with E-state index in [0.717, 1.165) is 37.2 Å². The first-order chi connectivity index (χ1) is 8.54. The van der Waals surface area contributed by atoms with Gasteiger partial charge >= 0.3 is 6.18 Å². The van der Waals surface area contributed by atoms with Crippen LogP contribution in [0.3, 0.4) is 0 Å². The molecule has 0 atom stereocenters. The Morgan fingerprint density at radius 3 is 2.28 bits per heavy atom. The minimum absolute atomic E-state index is 0.604. The maximum absolute atomic E-state index is 12.3. The summed E-state index contributed by atoms with van der Waals surface area (Å²) in [5.41, 5.74) is 0.140. The molecule has 0 aliphatic heterocycles.